The van der Waals surface area contributed by atoms with Gasteiger partial charge in [-0.2, -0.15) is 0 Å². The summed E-state index contributed by atoms with van der Waals surface area (Å²) in [6, 6.07) is 5.72. The lowest BCUT2D eigenvalue weighted by Gasteiger charge is -2.25. The van der Waals surface area contributed by atoms with Crippen LogP contribution >= 0.6 is 23.2 Å². The molecule has 0 saturated heterocycles. The highest BCUT2D eigenvalue weighted by molar-refractivity contribution is 6.35. The van der Waals surface area contributed by atoms with Gasteiger partial charge in [0.2, 0.25) is 0 Å². The van der Waals surface area contributed by atoms with Crippen molar-refractivity contribution in [3.63, 3.8) is 0 Å². The maximum Gasteiger partial charge on any atom is 0.0458 e. The van der Waals surface area contributed by atoms with E-state index in [1.54, 1.807) is 0 Å². The van der Waals surface area contributed by atoms with E-state index in [2.05, 4.69) is 0 Å². The minimum atomic E-state index is 0.712. The molecule has 0 heterocycles. The zero-order valence-corrected chi connectivity index (χ0v) is 8.12. The topological polar surface area (TPSA) is 0 Å². The van der Waals surface area contributed by atoms with Crippen LogP contribution in [0.1, 0.15) is 24.8 Å². The van der Waals surface area contributed by atoms with Gasteiger partial charge in [-0.1, -0.05) is 35.7 Å². The van der Waals surface area contributed by atoms with E-state index in [0.29, 0.717) is 5.02 Å². The minimum absolute atomic E-state index is 0.712. The Balaban J connectivity index is 2.31. The molecule has 2 heteroatoms. The monoisotopic (exact) mass is 199 g/mol. The molecule has 2 rings (SSSR count). The molecule has 0 aliphatic heterocycles. The predicted molar refractivity (Wildman–Crippen MR) is 52.7 cm³/mol. The van der Waals surface area contributed by atoms with E-state index in [0.717, 1.165) is 5.02 Å². The summed E-state index contributed by atoms with van der Waals surface area (Å²) >= 11 is 11.8. The van der Waals surface area contributed by atoms with Crippen LogP contribution in [0.2, 0.25) is 10.0 Å². The van der Waals surface area contributed by atoms with Crippen LogP contribution in [0, 0.1) is 5.92 Å². The first kappa shape index (κ1) is 8.40. The lowest BCUT2D eigenvalue weighted by Crippen LogP contribution is -2.09. The number of hydrogen-bond donors (Lipinski definition) is 0. The minimum Gasteiger partial charge on any atom is -0.0843 e. The van der Waals surface area contributed by atoms with Crippen LogP contribution in [0.5, 0.6) is 0 Å². The van der Waals surface area contributed by atoms with Gasteiger partial charge >= 0.3 is 0 Å². The van der Waals surface area contributed by atoms with E-state index >= 15 is 0 Å². The highest BCUT2D eigenvalue weighted by atomic mass is 35.5. The predicted octanol–water partition coefficient (Wildman–Crippen LogP) is 4.10. The van der Waals surface area contributed by atoms with Crippen molar-refractivity contribution < 1.29 is 0 Å². The molecule has 1 aliphatic carbocycles. The van der Waals surface area contributed by atoms with E-state index in [1.807, 2.05) is 18.2 Å². The average molecular weight is 200 g/mol. The van der Waals surface area contributed by atoms with E-state index < -0.39 is 0 Å². The zero-order valence-electron chi connectivity index (χ0n) is 6.61. The van der Waals surface area contributed by atoms with Gasteiger partial charge in [-0.25, -0.2) is 0 Å². The molecule has 0 unspecified atom stereocenters. The third-order valence-electron chi connectivity index (χ3n) is 2.27. The third kappa shape index (κ3) is 1.46. The molecule has 12 heavy (non-hydrogen) atoms. The average Bonchev–Trinajstić information content (AvgIpc) is 1.91. The quantitative estimate of drug-likeness (QED) is 0.640. The van der Waals surface area contributed by atoms with Gasteiger partial charge in [0.1, 0.15) is 0 Å². The second-order valence-corrected chi connectivity index (χ2v) is 3.92. The van der Waals surface area contributed by atoms with Gasteiger partial charge < -0.3 is 0 Å². The molecular weight excluding hydrogens is 191 g/mol. The van der Waals surface area contributed by atoms with Crippen LogP contribution in [-0.2, 0) is 0 Å². The Labute approximate surface area is 82.5 Å². The number of hydrogen-bond acceptors (Lipinski definition) is 0. The van der Waals surface area contributed by atoms with Crippen molar-refractivity contribution in [2.24, 2.45) is 0 Å². The summed E-state index contributed by atoms with van der Waals surface area (Å²) in [4.78, 5) is 0. The molecule has 1 aliphatic rings. The second kappa shape index (κ2) is 3.27. The lowest BCUT2D eigenvalue weighted by atomic mass is 9.80. The second-order valence-electron chi connectivity index (χ2n) is 3.08. The maximum absolute atomic E-state index is 6.03. The highest BCUT2D eigenvalue weighted by Gasteiger charge is 2.22. The van der Waals surface area contributed by atoms with Crippen molar-refractivity contribution in [3.8, 4) is 0 Å². The summed E-state index contributed by atoms with van der Waals surface area (Å²) < 4.78 is 0. The summed E-state index contributed by atoms with van der Waals surface area (Å²) in [5, 5.41) is 1.50. The van der Waals surface area contributed by atoms with Crippen LogP contribution in [0.25, 0.3) is 0 Å². The van der Waals surface area contributed by atoms with Gasteiger partial charge in [-0.15, -0.1) is 0 Å². The van der Waals surface area contributed by atoms with Gasteiger partial charge in [0.05, 0.1) is 0 Å². The number of benzene rings is 1. The Bertz CT molecular complexity index is 290. The van der Waals surface area contributed by atoms with Gasteiger partial charge in [-0.05, 0) is 30.5 Å². The number of halogens is 2. The largest absolute Gasteiger partial charge is 0.0843 e. The smallest absolute Gasteiger partial charge is 0.0458 e. The van der Waals surface area contributed by atoms with E-state index in [4.69, 9.17) is 23.2 Å². The summed E-state index contributed by atoms with van der Waals surface area (Å²) in [5.41, 5.74) is 1.19. The molecule has 0 N–H and O–H groups in total. The van der Waals surface area contributed by atoms with Crippen molar-refractivity contribution in [2.75, 3.05) is 0 Å². The molecule has 1 radical (unpaired) electrons. The first-order valence-electron chi connectivity index (χ1n) is 4.07. The van der Waals surface area contributed by atoms with Crippen molar-refractivity contribution in [1.29, 1.82) is 0 Å². The van der Waals surface area contributed by atoms with Gasteiger partial charge in [0.25, 0.3) is 0 Å². The maximum atomic E-state index is 6.03. The molecule has 1 aromatic rings. The summed E-state index contributed by atoms with van der Waals surface area (Å²) in [6.45, 7) is 0. The van der Waals surface area contributed by atoms with E-state index in [-0.39, 0.29) is 0 Å². The Morgan fingerprint density at radius 3 is 2.33 bits per heavy atom. The van der Waals surface area contributed by atoms with Crippen molar-refractivity contribution >= 4 is 23.2 Å². The molecule has 1 aromatic carbocycles. The van der Waals surface area contributed by atoms with E-state index in [9.17, 15) is 0 Å². The van der Waals surface area contributed by atoms with Crippen molar-refractivity contribution in [2.45, 2.75) is 19.3 Å². The first-order chi connectivity index (χ1) is 5.77. The Kier molecular flexibility index (Phi) is 2.29. The SMILES string of the molecule is Clc1ccc([C]2CCC2)c(Cl)c1. The van der Waals surface area contributed by atoms with Crippen LogP contribution in [0.4, 0.5) is 0 Å². The fourth-order valence-electron chi connectivity index (χ4n) is 1.40. The molecule has 0 amide bonds. The Morgan fingerprint density at radius 1 is 1.08 bits per heavy atom. The van der Waals surface area contributed by atoms with Gasteiger partial charge in [0, 0.05) is 16.0 Å². The van der Waals surface area contributed by atoms with E-state index in [1.165, 1.54) is 30.7 Å². The molecular formula is C10H9Cl2. The molecule has 0 aromatic heterocycles. The van der Waals surface area contributed by atoms with Crippen molar-refractivity contribution in [3.05, 3.63) is 39.7 Å². The molecule has 0 spiro atoms. The molecule has 0 atom stereocenters. The van der Waals surface area contributed by atoms with Gasteiger partial charge in [0.15, 0.2) is 0 Å². The standard InChI is InChI=1S/C10H9Cl2/c11-8-4-5-9(10(12)6-8)7-2-1-3-7/h4-6H,1-3H2. The van der Waals surface area contributed by atoms with Crippen LogP contribution in [0.3, 0.4) is 0 Å². The van der Waals surface area contributed by atoms with Gasteiger partial charge in [-0.3, -0.25) is 0 Å². The first-order valence-corrected chi connectivity index (χ1v) is 4.83. The number of rotatable bonds is 1. The fraction of sp³-hybridized carbons (Fsp3) is 0.300. The highest BCUT2D eigenvalue weighted by Crippen LogP contribution is 2.39. The molecule has 63 valence electrons. The van der Waals surface area contributed by atoms with Crippen LogP contribution in [-0.4, -0.2) is 0 Å². The van der Waals surface area contributed by atoms with Crippen molar-refractivity contribution in [1.82, 2.24) is 0 Å². The third-order valence-corrected chi connectivity index (χ3v) is 2.82. The summed E-state index contributed by atoms with van der Waals surface area (Å²) in [5.74, 6) is 1.47. The molecule has 1 fully saturated rings. The normalized spacial score (nSPS) is 17.5. The molecule has 1 saturated carbocycles. The summed E-state index contributed by atoms with van der Waals surface area (Å²) in [7, 11) is 0. The summed E-state index contributed by atoms with van der Waals surface area (Å²) in [6.07, 6.45) is 3.69. The van der Waals surface area contributed by atoms with Crippen LogP contribution < -0.4 is 0 Å². The molecule has 0 nitrogen and oxygen atoms in total. The fourth-order valence-corrected chi connectivity index (χ4v) is 1.94. The lowest BCUT2D eigenvalue weighted by molar-refractivity contribution is 0.577. The Hall–Kier alpha value is -0.200. The zero-order chi connectivity index (χ0) is 8.55. The van der Waals surface area contributed by atoms with Crippen LogP contribution in [0.15, 0.2) is 18.2 Å². The Morgan fingerprint density at radius 2 is 1.83 bits per heavy atom. The molecule has 0 bridgehead atoms.